The van der Waals surface area contributed by atoms with Crippen LogP contribution in [0.25, 0.3) is 0 Å². The summed E-state index contributed by atoms with van der Waals surface area (Å²) in [6.45, 7) is 4.58. The largest absolute Gasteiger partial charge is 0.456 e. The van der Waals surface area contributed by atoms with Gasteiger partial charge in [0.2, 0.25) is 0 Å². The molecule has 2 aromatic rings. The van der Waals surface area contributed by atoms with Crippen LogP contribution in [0, 0.1) is 5.41 Å². The Bertz CT molecular complexity index is 629. The third-order valence-electron chi connectivity index (χ3n) is 4.45. The van der Waals surface area contributed by atoms with Crippen molar-refractivity contribution < 1.29 is 14.6 Å². The second kappa shape index (κ2) is 8.45. The number of carbonyl (C=O) groups excluding carboxylic acids is 1. The van der Waals surface area contributed by atoms with E-state index in [9.17, 15) is 9.90 Å². The molecule has 0 saturated heterocycles. The van der Waals surface area contributed by atoms with Gasteiger partial charge in [-0.1, -0.05) is 13.8 Å². The highest BCUT2D eigenvalue weighted by atomic mass is 16.5. The van der Waals surface area contributed by atoms with E-state index < -0.39 is 0 Å². The van der Waals surface area contributed by atoms with Gasteiger partial charge in [0, 0.05) is 23.7 Å². The molecule has 1 aromatic carbocycles. The summed E-state index contributed by atoms with van der Waals surface area (Å²) in [5, 5.41) is 12.5. The van der Waals surface area contributed by atoms with Crippen molar-refractivity contribution in [3.63, 3.8) is 0 Å². The molecule has 0 fully saturated rings. The number of aliphatic hydroxyl groups excluding tert-OH is 1. The van der Waals surface area contributed by atoms with Gasteiger partial charge in [0.1, 0.15) is 11.5 Å². The fourth-order valence-corrected chi connectivity index (χ4v) is 2.37. The number of nitrogens with one attached hydrogen (secondary N) is 1. The van der Waals surface area contributed by atoms with Crippen LogP contribution in [-0.4, -0.2) is 29.1 Å². The van der Waals surface area contributed by atoms with E-state index in [4.69, 9.17) is 4.74 Å². The molecule has 128 valence electrons. The van der Waals surface area contributed by atoms with Crippen molar-refractivity contribution in [3.05, 3.63) is 54.4 Å². The average Bonchev–Trinajstić information content (AvgIpc) is 2.64. The summed E-state index contributed by atoms with van der Waals surface area (Å²) in [5.41, 5.74) is 0.312. The molecule has 0 aliphatic heterocycles. The number of hydrogen-bond donors (Lipinski definition) is 2. The minimum atomic E-state index is -0.251. The zero-order valence-corrected chi connectivity index (χ0v) is 14.2. The lowest BCUT2D eigenvalue weighted by Crippen LogP contribution is -2.39. The highest BCUT2D eigenvalue weighted by Crippen LogP contribution is 2.25. The Hall–Kier alpha value is -2.40. The minimum Gasteiger partial charge on any atom is -0.456 e. The van der Waals surface area contributed by atoms with Gasteiger partial charge in [0.25, 0.3) is 5.91 Å². The van der Waals surface area contributed by atoms with E-state index in [0.29, 0.717) is 23.6 Å². The van der Waals surface area contributed by atoms with Crippen LogP contribution in [0.1, 0.15) is 37.0 Å². The number of ether oxygens (including phenoxy) is 1. The van der Waals surface area contributed by atoms with E-state index in [2.05, 4.69) is 10.3 Å². The van der Waals surface area contributed by atoms with Crippen LogP contribution in [0.3, 0.4) is 0 Å². The standard InChI is InChI=1S/C19H24N2O3/c1-3-19(4-2,14-22)13-21-18(23)15-7-9-16(10-8-15)24-17-6-5-11-20-12-17/h5-12,22H,3-4,13-14H2,1-2H3,(H,21,23). The monoisotopic (exact) mass is 328 g/mol. The first-order valence-corrected chi connectivity index (χ1v) is 8.19. The lowest BCUT2D eigenvalue weighted by Gasteiger charge is -2.29. The van der Waals surface area contributed by atoms with Gasteiger partial charge in [-0.05, 0) is 49.2 Å². The fraction of sp³-hybridized carbons (Fsp3) is 0.368. The number of rotatable bonds is 8. The maximum Gasteiger partial charge on any atom is 0.251 e. The fourth-order valence-electron chi connectivity index (χ4n) is 2.37. The third-order valence-corrected chi connectivity index (χ3v) is 4.45. The van der Waals surface area contributed by atoms with Crippen molar-refractivity contribution in [2.75, 3.05) is 13.2 Å². The zero-order chi connectivity index (χ0) is 17.4. The minimum absolute atomic E-state index is 0.0676. The third kappa shape index (κ3) is 4.55. The quantitative estimate of drug-likeness (QED) is 0.779. The van der Waals surface area contributed by atoms with E-state index in [0.717, 1.165) is 12.8 Å². The molecule has 0 radical (unpaired) electrons. The molecule has 1 aromatic heterocycles. The van der Waals surface area contributed by atoms with Crippen LogP contribution < -0.4 is 10.1 Å². The molecule has 0 aliphatic rings. The smallest absolute Gasteiger partial charge is 0.251 e. The number of hydrogen-bond acceptors (Lipinski definition) is 4. The van der Waals surface area contributed by atoms with Crippen molar-refractivity contribution in [2.24, 2.45) is 5.41 Å². The van der Waals surface area contributed by atoms with E-state index in [-0.39, 0.29) is 17.9 Å². The predicted octanol–water partition coefficient (Wildman–Crippen LogP) is 3.40. The summed E-state index contributed by atoms with van der Waals surface area (Å²) in [6, 6.07) is 10.6. The molecule has 0 aliphatic carbocycles. The number of amides is 1. The molecule has 0 unspecified atom stereocenters. The van der Waals surface area contributed by atoms with Gasteiger partial charge in [0.05, 0.1) is 12.8 Å². The molecule has 5 nitrogen and oxygen atoms in total. The van der Waals surface area contributed by atoms with E-state index in [1.807, 2.05) is 19.9 Å². The Morgan fingerprint density at radius 1 is 1.17 bits per heavy atom. The Morgan fingerprint density at radius 3 is 2.42 bits per heavy atom. The lowest BCUT2D eigenvalue weighted by atomic mass is 9.83. The molecule has 0 saturated carbocycles. The second-order valence-electron chi connectivity index (χ2n) is 5.86. The van der Waals surface area contributed by atoms with Crippen molar-refractivity contribution >= 4 is 5.91 Å². The first-order valence-electron chi connectivity index (χ1n) is 8.19. The molecule has 0 bridgehead atoms. The molecule has 0 atom stereocenters. The summed E-state index contributed by atoms with van der Waals surface area (Å²) >= 11 is 0. The van der Waals surface area contributed by atoms with Crippen LogP contribution in [0.2, 0.25) is 0 Å². The van der Waals surface area contributed by atoms with Gasteiger partial charge < -0.3 is 15.2 Å². The van der Waals surface area contributed by atoms with Gasteiger partial charge in [-0.3, -0.25) is 9.78 Å². The van der Waals surface area contributed by atoms with Crippen LogP contribution >= 0.6 is 0 Å². The zero-order valence-electron chi connectivity index (χ0n) is 14.2. The summed E-state index contributed by atoms with van der Waals surface area (Å²) in [5.74, 6) is 1.14. The Labute approximate surface area is 142 Å². The van der Waals surface area contributed by atoms with E-state index in [1.165, 1.54) is 0 Å². The summed E-state index contributed by atoms with van der Waals surface area (Å²) in [7, 11) is 0. The predicted molar refractivity (Wildman–Crippen MR) is 93.2 cm³/mol. The van der Waals surface area contributed by atoms with E-state index in [1.54, 1.807) is 42.7 Å². The second-order valence-corrected chi connectivity index (χ2v) is 5.86. The van der Waals surface area contributed by atoms with Gasteiger partial charge in [-0.25, -0.2) is 0 Å². The Kier molecular flexibility index (Phi) is 6.32. The summed E-state index contributed by atoms with van der Waals surface area (Å²) in [4.78, 5) is 16.3. The number of pyridine rings is 1. The molecule has 24 heavy (non-hydrogen) atoms. The maximum atomic E-state index is 12.3. The molecule has 1 amide bonds. The number of carbonyl (C=O) groups is 1. The van der Waals surface area contributed by atoms with E-state index >= 15 is 0 Å². The topological polar surface area (TPSA) is 71.5 Å². The van der Waals surface area contributed by atoms with Crippen LogP contribution in [-0.2, 0) is 0 Å². The number of aromatic nitrogens is 1. The molecular weight excluding hydrogens is 304 g/mol. The number of benzene rings is 1. The van der Waals surface area contributed by atoms with Crippen LogP contribution in [0.4, 0.5) is 0 Å². The Balaban J connectivity index is 1.96. The van der Waals surface area contributed by atoms with Crippen LogP contribution in [0.5, 0.6) is 11.5 Å². The maximum absolute atomic E-state index is 12.3. The molecule has 5 heteroatoms. The van der Waals surface area contributed by atoms with Gasteiger partial charge in [-0.15, -0.1) is 0 Å². The molecule has 2 N–H and O–H groups in total. The first-order chi connectivity index (χ1) is 11.6. The molecule has 1 heterocycles. The van der Waals surface area contributed by atoms with Crippen molar-refractivity contribution in [2.45, 2.75) is 26.7 Å². The SMILES string of the molecule is CCC(CC)(CO)CNC(=O)c1ccc(Oc2cccnc2)cc1. The van der Waals surface area contributed by atoms with Crippen LogP contribution in [0.15, 0.2) is 48.8 Å². The molecule has 2 rings (SSSR count). The highest BCUT2D eigenvalue weighted by molar-refractivity contribution is 5.94. The number of aliphatic hydroxyl groups is 1. The lowest BCUT2D eigenvalue weighted by molar-refractivity contribution is 0.0851. The first kappa shape index (κ1) is 17.9. The summed E-state index contributed by atoms with van der Waals surface area (Å²) in [6.07, 6.45) is 4.94. The molecular formula is C19H24N2O3. The van der Waals surface area contributed by atoms with Crippen molar-refractivity contribution in [1.82, 2.24) is 10.3 Å². The average molecular weight is 328 g/mol. The highest BCUT2D eigenvalue weighted by Gasteiger charge is 2.25. The van der Waals surface area contributed by atoms with Gasteiger partial charge in [-0.2, -0.15) is 0 Å². The van der Waals surface area contributed by atoms with Crippen molar-refractivity contribution in [1.29, 1.82) is 0 Å². The Morgan fingerprint density at radius 2 is 1.88 bits per heavy atom. The van der Waals surface area contributed by atoms with Gasteiger partial charge >= 0.3 is 0 Å². The molecule has 0 spiro atoms. The van der Waals surface area contributed by atoms with Gasteiger partial charge in [0.15, 0.2) is 0 Å². The number of nitrogens with zero attached hydrogens (tertiary/aromatic N) is 1. The normalized spacial score (nSPS) is 11.1. The van der Waals surface area contributed by atoms with Crippen molar-refractivity contribution in [3.8, 4) is 11.5 Å². The summed E-state index contributed by atoms with van der Waals surface area (Å²) < 4.78 is 5.65.